The van der Waals surface area contributed by atoms with Gasteiger partial charge in [-0.3, -0.25) is 14.9 Å². The number of pyridine rings is 1. The van der Waals surface area contributed by atoms with E-state index in [9.17, 15) is 4.79 Å². The first-order chi connectivity index (χ1) is 12.3. The van der Waals surface area contributed by atoms with Crippen LogP contribution in [0.25, 0.3) is 21.9 Å². The standard InChI is InChI=1S/C18H14N4O2S/c23-18(15-8-14(21-22-15)17-4-2-6-25-17)20-10-12-7-13(11-19-9-12)16-3-1-5-24-16/h1-9,11H,10H2,(H,20,23)(H,21,22). The second kappa shape index (κ2) is 6.74. The summed E-state index contributed by atoms with van der Waals surface area (Å²) in [7, 11) is 0. The van der Waals surface area contributed by atoms with Crippen molar-refractivity contribution in [3.63, 3.8) is 0 Å². The molecule has 2 N–H and O–H groups in total. The number of thiophene rings is 1. The van der Waals surface area contributed by atoms with Crippen molar-refractivity contribution < 1.29 is 9.21 Å². The topological polar surface area (TPSA) is 83.8 Å². The van der Waals surface area contributed by atoms with E-state index < -0.39 is 0 Å². The summed E-state index contributed by atoms with van der Waals surface area (Å²) < 4.78 is 5.37. The van der Waals surface area contributed by atoms with E-state index in [0.29, 0.717) is 12.2 Å². The van der Waals surface area contributed by atoms with Gasteiger partial charge in [-0.15, -0.1) is 11.3 Å². The first kappa shape index (κ1) is 15.3. The monoisotopic (exact) mass is 350 g/mol. The summed E-state index contributed by atoms with van der Waals surface area (Å²) in [5, 5.41) is 11.8. The van der Waals surface area contributed by atoms with Crippen LogP contribution < -0.4 is 5.32 Å². The Hall–Kier alpha value is -3.19. The van der Waals surface area contributed by atoms with Crippen LogP contribution in [0.15, 0.2) is 64.9 Å². The lowest BCUT2D eigenvalue weighted by molar-refractivity contribution is 0.0946. The van der Waals surface area contributed by atoms with E-state index in [4.69, 9.17) is 4.42 Å². The van der Waals surface area contributed by atoms with Crippen molar-refractivity contribution in [1.29, 1.82) is 0 Å². The molecule has 1 amide bonds. The van der Waals surface area contributed by atoms with Crippen LogP contribution in [-0.4, -0.2) is 21.1 Å². The zero-order chi connectivity index (χ0) is 17.1. The average molecular weight is 350 g/mol. The number of nitrogens with zero attached hydrogens (tertiary/aromatic N) is 2. The molecule has 0 aromatic carbocycles. The molecule has 0 fully saturated rings. The summed E-state index contributed by atoms with van der Waals surface area (Å²) in [6.45, 7) is 0.363. The number of hydrogen-bond acceptors (Lipinski definition) is 5. The van der Waals surface area contributed by atoms with E-state index in [1.807, 2.05) is 35.7 Å². The van der Waals surface area contributed by atoms with Gasteiger partial charge in [0.2, 0.25) is 0 Å². The molecule has 7 heteroatoms. The summed E-state index contributed by atoms with van der Waals surface area (Å²) in [4.78, 5) is 17.5. The van der Waals surface area contributed by atoms with Gasteiger partial charge < -0.3 is 9.73 Å². The molecule has 124 valence electrons. The van der Waals surface area contributed by atoms with Gasteiger partial charge in [0.1, 0.15) is 5.76 Å². The Bertz CT molecular complexity index is 974. The lowest BCUT2D eigenvalue weighted by atomic mass is 10.1. The predicted molar refractivity (Wildman–Crippen MR) is 95.0 cm³/mol. The minimum Gasteiger partial charge on any atom is -0.464 e. The van der Waals surface area contributed by atoms with Gasteiger partial charge in [-0.05, 0) is 41.3 Å². The third kappa shape index (κ3) is 3.36. The van der Waals surface area contributed by atoms with E-state index >= 15 is 0 Å². The Labute approximate surface area is 147 Å². The van der Waals surface area contributed by atoms with Gasteiger partial charge in [-0.2, -0.15) is 5.10 Å². The average Bonchev–Trinajstić information content (AvgIpc) is 3.41. The van der Waals surface area contributed by atoms with Crippen molar-refractivity contribution in [2.45, 2.75) is 6.54 Å². The van der Waals surface area contributed by atoms with Crippen molar-refractivity contribution in [2.24, 2.45) is 0 Å². The number of aromatic amines is 1. The largest absolute Gasteiger partial charge is 0.464 e. The quantitative estimate of drug-likeness (QED) is 0.574. The molecule has 0 unspecified atom stereocenters. The molecule has 0 aliphatic heterocycles. The zero-order valence-corrected chi connectivity index (χ0v) is 13.9. The highest BCUT2D eigenvalue weighted by Gasteiger charge is 2.12. The molecule has 4 heterocycles. The van der Waals surface area contributed by atoms with E-state index in [-0.39, 0.29) is 5.91 Å². The molecule has 4 aromatic heterocycles. The molecule has 0 radical (unpaired) electrons. The van der Waals surface area contributed by atoms with Crippen molar-refractivity contribution in [2.75, 3.05) is 0 Å². The maximum atomic E-state index is 12.3. The highest BCUT2D eigenvalue weighted by atomic mass is 32.1. The van der Waals surface area contributed by atoms with Gasteiger partial charge in [-0.1, -0.05) is 6.07 Å². The molecular formula is C18H14N4O2S. The Morgan fingerprint density at radius 2 is 2.20 bits per heavy atom. The fourth-order valence-corrected chi connectivity index (χ4v) is 3.12. The van der Waals surface area contributed by atoms with E-state index in [1.165, 1.54) is 0 Å². The minimum atomic E-state index is -0.234. The number of nitrogens with one attached hydrogen (secondary N) is 2. The number of aromatic nitrogens is 3. The van der Waals surface area contributed by atoms with E-state index in [2.05, 4.69) is 20.5 Å². The molecule has 0 aliphatic carbocycles. The SMILES string of the molecule is O=C(NCc1cncc(-c2ccco2)c1)c1cc(-c2cccs2)[nH]n1. The Kier molecular flexibility index (Phi) is 4.14. The smallest absolute Gasteiger partial charge is 0.272 e. The number of hydrogen-bond donors (Lipinski definition) is 2. The van der Waals surface area contributed by atoms with Crippen LogP contribution in [0.5, 0.6) is 0 Å². The van der Waals surface area contributed by atoms with E-state index in [1.54, 1.807) is 36.1 Å². The van der Waals surface area contributed by atoms with Crippen molar-refractivity contribution in [3.05, 3.63) is 71.7 Å². The summed E-state index contributed by atoms with van der Waals surface area (Å²) in [5.41, 5.74) is 2.95. The van der Waals surface area contributed by atoms with E-state index in [0.717, 1.165) is 27.5 Å². The summed E-state index contributed by atoms with van der Waals surface area (Å²) >= 11 is 1.59. The van der Waals surface area contributed by atoms with Crippen LogP contribution in [-0.2, 0) is 6.54 Å². The van der Waals surface area contributed by atoms with Gasteiger partial charge in [0.25, 0.3) is 5.91 Å². The maximum absolute atomic E-state index is 12.3. The van der Waals surface area contributed by atoms with Gasteiger partial charge in [0.15, 0.2) is 5.69 Å². The maximum Gasteiger partial charge on any atom is 0.272 e. The first-order valence-electron chi connectivity index (χ1n) is 7.65. The van der Waals surface area contributed by atoms with Crippen LogP contribution in [0, 0.1) is 0 Å². The number of carbonyl (C=O) groups is 1. The molecule has 0 bridgehead atoms. The minimum absolute atomic E-state index is 0.234. The van der Waals surface area contributed by atoms with Crippen LogP contribution in [0.3, 0.4) is 0 Å². The molecule has 0 spiro atoms. The number of furan rings is 1. The molecule has 4 rings (SSSR count). The number of amides is 1. The fraction of sp³-hybridized carbons (Fsp3) is 0.0556. The van der Waals surface area contributed by atoms with Crippen molar-refractivity contribution in [1.82, 2.24) is 20.5 Å². The summed E-state index contributed by atoms with van der Waals surface area (Å²) in [6, 6.07) is 11.3. The van der Waals surface area contributed by atoms with Gasteiger partial charge in [0, 0.05) is 24.5 Å². The second-order valence-corrected chi connectivity index (χ2v) is 6.33. The molecule has 6 nitrogen and oxygen atoms in total. The normalized spacial score (nSPS) is 10.7. The van der Waals surface area contributed by atoms with Gasteiger partial charge in [0.05, 0.1) is 16.8 Å². The highest BCUT2D eigenvalue weighted by molar-refractivity contribution is 7.13. The molecule has 0 aliphatic rings. The number of rotatable bonds is 5. The molecular weight excluding hydrogens is 336 g/mol. The molecule has 0 saturated carbocycles. The van der Waals surface area contributed by atoms with Crippen LogP contribution in [0.1, 0.15) is 16.1 Å². The third-order valence-electron chi connectivity index (χ3n) is 3.65. The molecule has 25 heavy (non-hydrogen) atoms. The van der Waals surface area contributed by atoms with Crippen LogP contribution >= 0.6 is 11.3 Å². The Morgan fingerprint density at radius 3 is 3.00 bits per heavy atom. The number of carbonyl (C=O) groups excluding carboxylic acids is 1. The summed E-state index contributed by atoms with van der Waals surface area (Å²) in [5.74, 6) is 0.510. The van der Waals surface area contributed by atoms with Crippen molar-refractivity contribution in [3.8, 4) is 21.9 Å². The van der Waals surface area contributed by atoms with Crippen LogP contribution in [0.4, 0.5) is 0 Å². The summed E-state index contributed by atoms with van der Waals surface area (Å²) in [6.07, 6.45) is 5.06. The molecule has 0 atom stereocenters. The lowest BCUT2D eigenvalue weighted by Gasteiger charge is -2.04. The molecule has 0 saturated heterocycles. The second-order valence-electron chi connectivity index (χ2n) is 5.39. The molecule has 4 aromatic rings. The third-order valence-corrected chi connectivity index (χ3v) is 4.55. The first-order valence-corrected chi connectivity index (χ1v) is 8.53. The number of H-pyrrole nitrogens is 1. The Balaban J connectivity index is 1.43. The van der Waals surface area contributed by atoms with Gasteiger partial charge >= 0.3 is 0 Å². The fourth-order valence-electron chi connectivity index (χ4n) is 2.43. The highest BCUT2D eigenvalue weighted by Crippen LogP contribution is 2.23. The van der Waals surface area contributed by atoms with Crippen LogP contribution in [0.2, 0.25) is 0 Å². The zero-order valence-electron chi connectivity index (χ0n) is 13.1. The Morgan fingerprint density at radius 1 is 1.24 bits per heavy atom. The van der Waals surface area contributed by atoms with Crippen molar-refractivity contribution >= 4 is 17.2 Å². The predicted octanol–water partition coefficient (Wildman–Crippen LogP) is 3.72. The van der Waals surface area contributed by atoms with Gasteiger partial charge in [-0.25, -0.2) is 0 Å². The lowest BCUT2D eigenvalue weighted by Crippen LogP contribution is -2.23.